The molecule has 0 amide bonds. The number of carboxylic acids is 1. The van der Waals surface area contributed by atoms with Crippen molar-refractivity contribution in [1.29, 1.82) is 0 Å². The van der Waals surface area contributed by atoms with Crippen LogP contribution in [0.25, 0.3) is 0 Å². The molecule has 0 aromatic heterocycles. The zero-order valence-corrected chi connectivity index (χ0v) is 8.63. The van der Waals surface area contributed by atoms with Gasteiger partial charge in [0.15, 0.2) is 11.5 Å². The highest BCUT2D eigenvalue weighted by Gasteiger charge is 2.09. The molecule has 5 nitrogen and oxygen atoms in total. The molecule has 0 bridgehead atoms. The van der Waals surface area contributed by atoms with Crippen molar-refractivity contribution in [3.63, 3.8) is 0 Å². The van der Waals surface area contributed by atoms with Crippen LogP contribution in [0.5, 0.6) is 11.5 Å². The second-order valence-corrected chi connectivity index (χ2v) is 3.61. The third-order valence-electron chi connectivity index (χ3n) is 2.20. The van der Waals surface area contributed by atoms with Gasteiger partial charge in [0.05, 0.1) is 6.10 Å². The molecule has 4 N–H and O–H groups in total. The molecule has 5 heteroatoms. The quantitative estimate of drug-likeness (QED) is 0.558. The van der Waals surface area contributed by atoms with Crippen molar-refractivity contribution in [1.82, 2.24) is 0 Å². The molecule has 1 atom stereocenters. The minimum Gasteiger partial charge on any atom is -0.504 e. The Balaban J connectivity index is 2.52. The number of phenolic OH excluding ortho intramolecular Hbond substituents is 2. The number of rotatable bonds is 5. The molecule has 0 saturated carbocycles. The lowest BCUT2D eigenvalue weighted by Gasteiger charge is -2.09. The highest BCUT2D eigenvalue weighted by molar-refractivity contribution is 5.66. The average molecular weight is 226 g/mol. The van der Waals surface area contributed by atoms with Crippen LogP contribution in [0.4, 0.5) is 0 Å². The van der Waals surface area contributed by atoms with Crippen molar-refractivity contribution >= 4 is 5.97 Å². The molecule has 88 valence electrons. The van der Waals surface area contributed by atoms with E-state index in [0.29, 0.717) is 5.56 Å². The number of phenols is 2. The Morgan fingerprint density at radius 1 is 1.25 bits per heavy atom. The number of aromatic hydroxyl groups is 2. The fourth-order valence-electron chi connectivity index (χ4n) is 1.36. The molecule has 1 rings (SSSR count). The topological polar surface area (TPSA) is 98.0 Å². The summed E-state index contributed by atoms with van der Waals surface area (Å²) in [6, 6.07) is 4.24. The Labute approximate surface area is 92.6 Å². The lowest BCUT2D eigenvalue weighted by molar-refractivity contribution is -0.137. The van der Waals surface area contributed by atoms with E-state index in [0.717, 1.165) is 0 Å². The largest absolute Gasteiger partial charge is 0.504 e. The lowest BCUT2D eigenvalue weighted by Crippen LogP contribution is -2.12. The van der Waals surface area contributed by atoms with E-state index in [1.165, 1.54) is 12.1 Å². The maximum absolute atomic E-state index is 10.3. The maximum atomic E-state index is 10.3. The fourth-order valence-corrected chi connectivity index (χ4v) is 1.36. The standard InChI is InChI=1S/C11H14O5/c12-8(2-4-11(15)16)5-7-1-3-9(13)10(14)6-7/h1,3,6,8,12-14H,2,4-5H2,(H,15,16)/t8-/m0/s1. The molecule has 0 fully saturated rings. The first-order valence-electron chi connectivity index (χ1n) is 4.89. The number of benzene rings is 1. The van der Waals surface area contributed by atoms with Gasteiger partial charge < -0.3 is 20.4 Å². The highest BCUT2D eigenvalue weighted by atomic mass is 16.4. The Bertz CT molecular complexity index is 375. The number of hydrogen-bond acceptors (Lipinski definition) is 4. The van der Waals surface area contributed by atoms with Crippen molar-refractivity contribution in [2.75, 3.05) is 0 Å². The van der Waals surface area contributed by atoms with Gasteiger partial charge in [-0.25, -0.2) is 0 Å². The van der Waals surface area contributed by atoms with E-state index in [-0.39, 0.29) is 30.8 Å². The van der Waals surface area contributed by atoms with Crippen molar-refractivity contribution in [2.45, 2.75) is 25.4 Å². The normalized spacial score (nSPS) is 12.3. The van der Waals surface area contributed by atoms with Crippen LogP contribution in [-0.2, 0) is 11.2 Å². The molecular weight excluding hydrogens is 212 g/mol. The van der Waals surface area contributed by atoms with Crippen LogP contribution in [0.15, 0.2) is 18.2 Å². The first-order chi connectivity index (χ1) is 7.49. The first kappa shape index (κ1) is 12.3. The van der Waals surface area contributed by atoms with E-state index in [1.54, 1.807) is 6.07 Å². The van der Waals surface area contributed by atoms with Gasteiger partial charge in [-0.15, -0.1) is 0 Å². The van der Waals surface area contributed by atoms with Gasteiger partial charge in [0.1, 0.15) is 0 Å². The minimum absolute atomic E-state index is 0.0920. The summed E-state index contributed by atoms with van der Waals surface area (Å²) < 4.78 is 0. The van der Waals surface area contributed by atoms with E-state index in [4.69, 9.17) is 10.2 Å². The summed E-state index contributed by atoms with van der Waals surface area (Å²) in [5.41, 5.74) is 0.646. The van der Waals surface area contributed by atoms with Crippen molar-refractivity contribution in [3.8, 4) is 11.5 Å². The van der Waals surface area contributed by atoms with E-state index >= 15 is 0 Å². The van der Waals surface area contributed by atoms with Crippen LogP contribution in [0.3, 0.4) is 0 Å². The van der Waals surface area contributed by atoms with E-state index in [9.17, 15) is 15.0 Å². The Hall–Kier alpha value is -1.75. The summed E-state index contributed by atoms with van der Waals surface area (Å²) in [7, 11) is 0. The molecule has 0 aliphatic rings. The number of aliphatic carboxylic acids is 1. The van der Waals surface area contributed by atoms with E-state index in [2.05, 4.69) is 0 Å². The molecule has 0 saturated heterocycles. The first-order valence-corrected chi connectivity index (χ1v) is 4.89. The SMILES string of the molecule is O=C(O)CC[C@H](O)Cc1ccc(O)c(O)c1. The molecule has 0 radical (unpaired) electrons. The van der Waals surface area contributed by atoms with Gasteiger partial charge >= 0.3 is 5.97 Å². The molecule has 0 aliphatic heterocycles. The zero-order chi connectivity index (χ0) is 12.1. The monoisotopic (exact) mass is 226 g/mol. The Morgan fingerprint density at radius 2 is 1.94 bits per heavy atom. The van der Waals surface area contributed by atoms with Crippen LogP contribution in [0.2, 0.25) is 0 Å². The summed E-state index contributed by atoms with van der Waals surface area (Å²) in [6.07, 6.45) is -0.441. The van der Waals surface area contributed by atoms with Gasteiger partial charge in [0, 0.05) is 6.42 Å². The van der Waals surface area contributed by atoms with Gasteiger partial charge in [-0.3, -0.25) is 4.79 Å². The van der Waals surface area contributed by atoms with Crippen LogP contribution in [0.1, 0.15) is 18.4 Å². The summed E-state index contributed by atoms with van der Waals surface area (Å²) in [4.78, 5) is 10.3. The molecule has 1 aromatic carbocycles. The third kappa shape index (κ3) is 3.78. The van der Waals surface area contributed by atoms with Gasteiger partial charge in [0.25, 0.3) is 0 Å². The van der Waals surface area contributed by atoms with Crippen LogP contribution < -0.4 is 0 Å². The van der Waals surface area contributed by atoms with Crippen LogP contribution in [0, 0.1) is 0 Å². The van der Waals surface area contributed by atoms with Crippen LogP contribution in [-0.4, -0.2) is 32.5 Å². The summed E-state index contributed by atoms with van der Waals surface area (Å²) >= 11 is 0. The molecule has 16 heavy (non-hydrogen) atoms. The summed E-state index contributed by atoms with van der Waals surface area (Å²) in [5, 5.41) is 36.2. The van der Waals surface area contributed by atoms with Crippen molar-refractivity contribution in [3.05, 3.63) is 23.8 Å². The van der Waals surface area contributed by atoms with Gasteiger partial charge in [0.2, 0.25) is 0 Å². The minimum atomic E-state index is -0.951. The number of carboxylic acid groups (broad SMARTS) is 1. The third-order valence-corrected chi connectivity index (χ3v) is 2.20. The van der Waals surface area contributed by atoms with Crippen molar-refractivity contribution in [2.24, 2.45) is 0 Å². The second kappa shape index (κ2) is 5.37. The van der Waals surface area contributed by atoms with E-state index in [1.807, 2.05) is 0 Å². The summed E-state index contributed by atoms with van der Waals surface area (Å²) in [5.74, 6) is -1.42. The second-order valence-electron chi connectivity index (χ2n) is 3.61. The lowest BCUT2D eigenvalue weighted by atomic mass is 10.0. The Morgan fingerprint density at radius 3 is 2.50 bits per heavy atom. The molecule has 1 aromatic rings. The van der Waals surface area contributed by atoms with Crippen molar-refractivity contribution < 1.29 is 25.2 Å². The predicted molar refractivity (Wildman–Crippen MR) is 56.4 cm³/mol. The fraction of sp³-hybridized carbons (Fsp3) is 0.364. The number of aliphatic hydroxyl groups excluding tert-OH is 1. The predicted octanol–water partition coefficient (Wildman–Crippen LogP) is 0.866. The zero-order valence-electron chi connectivity index (χ0n) is 8.63. The van der Waals surface area contributed by atoms with E-state index < -0.39 is 12.1 Å². The summed E-state index contributed by atoms with van der Waals surface area (Å²) in [6.45, 7) is 0. The maximum Gasteiger partial charge on any atom is 0.303 e. The molecule has 0 aliphatic carbocycles. The Kier molecular flexibility index (Phi) is 4.13. The molecular formula is C11H14O5. The molecule has 0 unspecified atom stereocenters. The highest BCUT2D eigenvalue weighted by Crippen LogP contribution is 2.25. The molecule has 0 heterocycles. The van der Waals surface area contributed by atoms with Gasteiger partial charge in [-0.1, -0.05) is 6.07 Å². The van der Waals surface area contributed by atoms with Gasteiger partial charge in [-0.2, -0.15) is 0 Å². The van der Waals surface area contributed by atoms with Gasteiger partial charge in [-0.05, 0) is 30.5 Å². The number of carbonyl (C=O) groups is 1. The van der Waals surface area contributed by atoms with Crippen LogP contribution >= 0.6 is 0 Å². The average Bonchev–Trinajstić information content (AvgIpc) is 2.21. The number of hydrogen-bond donors (Lipinski definition) is 4. The smallest absolute Gasteiger partial charge is 0.303 e. The molecule has 0 spiro atoms. The number of aliphatic hydroxyl groups is 1.